The maximum Gasteiger partial charge on any atom is 0.00745 e. The normalized spacial score (nSPS) is 8.67. The first kappa shape index (κ1) is 11.9. The summed E-state index contributed by atoms with van der Waals surface area (Å²) in [6.45, 7) is 3.37. The molecular formula is C5H16ClN3. The van der Waals surface area contributed by atoms with E-state index in [0.29, 0.717) is 6.54 Å². The van der Waals surface area contributed by atoms with Gasteiger partial charge in [-0.15, -0.1) is 12.4 Å². The molecular weight excluding hydrogens is 138 g/mol. The van der Waals surface area contributed by atoms with Crippen LogP contribution in [0, 0.1) is 0 Å². The fraction of sp³-hybridized carbons (Fsp3) is 1.00. The highest BCUT2D eigenvalue weighted by Crippen LogP contribution is 1.66. The molecule has 0 aromatic rings. The van der Waals surface area contributed by atoms with Crippen molar-refractivity contribution in [2.24, 2.45) is 11.5 Å². The smallest absolute Gasteiger partial charge is 0.00745 e. The third-order valence-corrected chi connectivity index (χ3v) is 0.879. The molecule has 0 aromatic heterocycles. The highest BCUT2D eigenvalue weighted by molar-refractivity contribution is 5.85. The lowest BCUT2D eigenvalue weighted by atomic mass is 10.4. The van der Waals surface area contributed by atoms with Crippen LogP contribution < -0.4 is 16.8 Å². The van der Waals surface area contributed by atoms with Crippen LogP contribution in [0.5, 0.6) is 0 Å². The molecule has 58 valence electrons. The Bertz CT molecular complexity index is 37.2. The minimum atomic E-state index is 0. The van der Waals surface area contributed by atoms with Crippen LogP contribution in [-0.4, -0.2) is 26.2 Å². The van der Waals surface area contributed by atoms with Gasteiger partial charge < -0.3 is 16.8 Å². The van der Waals surface area contributed by atoms with Gasteiger partial charge in [-0.3, -0.25) is 0 Å². The Hall–Kier alpha value is 0.170. The van der Waals surface area contributed by atoms with Gasteiger partial charge in [0.15, 0.2) is 0 Å². The summed E-state index contributed by atoms with van der Waals surface area (Å²) >= 11 is 0. The Labute approximate surface area is 62.6 Å². The predicted octanol–water partition coefficient (Wildman–Crippen LogP) is -0.695. The first-order valence-electron chi connectivity index (χ1n) is 3.02. The molecule has 0 fully saturated rings. The Morgan fingerprint density at radius 3 is 2.11 bits per heavy atom. The first-order chi connectivity index (χ1) is 3.91. The first-order valence-corrected chi connectivity index (χ1v) is 3.02. The molecule has 0 aliphatic heterocycles. The van der Waals surface area contributed by atoms with E-state index in [1.807, 2.05) is 0 Å². The average molecular weight is 154 g/mol. The van der Waals surface area contributed by atoms with Crippen LogP contribution >= 0.6 is 12.4 Å². The number of halogens is 1. The molecule has 3 nitrogen and oxygen atoms in total. The lowest BCUT2D eigenvalue weighted by Crippen LogP contribution is -2.24. The van der Waals surface area contributed by atoms with Crippen molar-refractivity contribution >= 4 is 12.4 Å². The van der Waals surface area contributed by atoms with Crippen molar-refractivity contribution in [3.8, 4) is 0 Å². The van der Waals surface area contributed by atoms with E-state index in [4.69, 9.17) is 11.5 Å². The van der Waals surface area contributed by atoms with Gasteiger partial charge in [0.05, 0.1) is 0 Å². The van der Waals surface area contributed by atoms with Crippen LogP contribution in [0.1, 0.15) is 6.42 Å². The van der Waals surface area contributed by atoms with E-state index >= 15 is 0 Å². The lowest BCUT2D eigenvalue weighted by molar-refractivity contribution is 0.659. The summed E-state index contributed by atoms with van der Waals surface area (Å²) in [5.74, 6) is 0. The molecule has 0 saturated heterocycles. The van der Waals surface area contributed by atoms with E-state index in [1.165, 1.54) is 0 Å². The lowest BCUT2D eigenvalue weighted by Gasteiger charge is -1.98. The van der Waals surface area contributed by atoms with Gasteiger partial charge in [0, 0.05) is 13.1 Å². The summed E-state index contributed by atoms with van der Waals surface area (Å²) in [5, 5.41) is 3.13. The maximum atomic E-state index is 5.24. The quantitative estimate of drug-likeness (QED) is 0.458. The molecule has 0 aliphatic rings. The SMILES string of the molecule is Cl.NCCCNCCN. The highest BCUT2D eigenvalue weighted by atomic mass is 35.5. The largest absolute Gasteiger partial charge is 0.330 e. The molecule has 0 aliphatic carbocycles. The van der Waals surface area contributed by atoms with Crippen molar-refractivity contribution in [1.82, 2.24) is 5.32 Å². The molecule has 0 aromatic carbocycles. The summed E-state index contributed by atoms with van der Waals surface area (Å²) in [6, 6.07) is 0. The minimum Gasteiger partial charge on any atom is -0.330 e. The second kappa shape index (κ2) is 11.0. The van der Waals surface area contributed by atoms with Crippen LogP contribution in [0.15, 0.2) is 0 Å². The van der Waals surface area contributed by atoms with E-state index in [9.17, 15) is 0 Å². The summed E-state index contributed by atoms with van der Waals surface area (Å²) in [7, 11) is 0. The average Bonchev–Trinajstić information content (AvgIpc) is 1.81. The predicted molar refractivity (Wildman–Crippen MR) is 42.8 cm³/mol. The molecule has 0 rings (SSSR count). The monoisotopic (exact) mass is 153 g/mol. The molecule has 0 bridgehead atoms. The van der Waals surface area contributed by atoms with Crippen LogP contribution in [0.2, 0.25) is 0 Å². The topological polar surface area (TPSA) is 64.1 Å². The maximum absolute atomic E-state index is 5.24. The van der Waals surface area contributed by atoms with Crippen molar-refractivity contribution < 1.29 is 0 Å². The summed E-state index contributed by atoms with van der Waals surface area (Å²) in [4.78, 5) is 0. The molecule has 9 heavy (non-hydrogen) atoms. The van der Waals surface area contributed by atoms with Gasteiger partial charge in [-0.25, -0.2) is 0 Å². The third kappa shape index (κ3) is 11.6. The standard InChI is InChI=1S/C5H15N3.ClH/c6-2-1-4-8-5-3-7;/h8H,1-7H2;1H. The number of nitrogens with two attached hydrogens (primary N) is 2. The van der Waals surface area contributed by atoms with Gasteiger partial charge >= 0.3 is 0 Å². The van der Waals surface area contributed by atoms with Crippen molar-refractivity contribution in [3.63, 3.8) is 0 Å². The van der Waals surface area contributed by atoms with Crippen molar-refractivity contribution in [3.05, 3.63) is 0 Å². The molecule has 0 amide bonds. The van der Waals surface area contributed by atoms with Crippen LogP contribution in [0.25, 0.3) is 0 Å². The van der Waals surface area contributed by atoms with Crippen molar-refractivity contribution in [1.29, 1.82) is 0 Å². The fourth-order valence-electron chi connectivity index (χ4n) is 0.454. The van der Waals surface area contributed by atoms with E-state index in [0.717, 1.165) is 26.1 Å². The zero-order chi connectivity index (χ0) is 6.24. The number of nitrogens with one attached hydrogen (secondary N) is 1. The zero-order valence-electron chi connectivity index (χ0n) is 5.60. The number of rotatable bonds is 5. The Morgan fingerprint density at radius 1 is 1.00 bits per heavy atom. The molecule has 0 unspecified atom stereocenters. The van der Waals surface area contributed by atoms with Gasteiger partial charge in [0.1, 0.15) is 0 Å². The van der Waals surface area contributed by atoms with E-state index in [-0.39, 0.29) is 12.4 Å². The highest BCUT2D eigenvalue weighted by Gasteiger charge is 1.80. The van der Waals surface area contributed by atoms with Crippen LogP contribution in [0.3, 0.4) is 0 Å². The second-order valence-corrected chi connectivity index (χ2v) is 1.68. The Morgan fingerprint density at radius 2 is 1.67 bits per heavy atom. The third-order valence-electron chi connectivity index (χ3n) is 0.879. The number of hydrogen-bond acceptors (Lipinski definition) is 3. The van der Waals surface area contributed by atoms with E-state index in [1.54, 1.807) is 0 Å². The van der Waals surface area contributed by atoms with Gasteiger partial charge in [0.25, 0.3) is 0 Å². The zero-order valence-corrected chi connectivity index (χ0v) is 6.41. The molecule has 0 saturated carbocycles. The van der Waals surface area contributed by atoms with Crippen molar-refractivity contribution in [2.75, 3.05) is 26.2 Å². The summed E-state index contributed by atoms with van der Waals surface area (Å²) in [6.07, 6.45) is 1.04. The van der Waals surface area contributed by atoms with E-state index < -0.39 is 0 Å². The number of hydrogen-bond donors (Lipinski definition) is 3. The second-order valence-electron chi connectivity index (χ2n) is 1.68. The van der Waals surface area contributed by atoms with Crippen LogP contribution in [-0.2, 0) is 0 Å². The molecule has 4 heteroatoms. The summed E-state index contributed by atoms with van der Waals surface area (Å²) in [5.41, 5.74) is 10.5. The Kier molecular flexibility index (Phi) is 14.6. The molecule has 0 spiro atoms. The molecule has 0 radical (unpaired) electrons. The molecule has 5 N–H and O–H groups in total. The van der Waals surface area contributed by atoms with Crippen LogP contribution in [0.4, 0.5) is 0 Å². The summed E-state index contributed by atoms with van der Waals surface area (Å²) < 4.78 is 0. The van der Waals surface area contributed by atoms with E-state index in [2.05, 4.69) is 5.32 Å². The minimum absolute atomic E-state index is 0. The molecule has 0 heterocycles. The van der Waals surface area contributed by atoms with Gasteiger partial charge in [-0.05, 0) is 19.5 Å². The fourth-order valence-corrected chi connectivity index (χ4v) is 0.454. The van der Waals surface area contributed by atoms with Gasteiger partial charge in [0.2, 0.25) is 0 Å². The van der Waals surface area contributed by atoms with Gasteiger partial charge in [-0.1, -0.05) is 0 Å². The van der Waals surface area contributed by atoms with Crippen molar-refractivity contribution in [2.45, 2.75) is 6.42 Å². The van der Waals surface area contributed by atoms with Gasteiger partial charge in [-0.2, -0.15) is 0 Å². The molecule has 0 atom stereocenters. The Balaban J connectivity index is 0.